The molecular formula is C13H12ClN3O2. The van der Waals surface area contributed by atoms with Crippen LogP contribution in [0.25, 0.3) is 0 Å². The molecule has 98 valence electrons. The average Bonchev–Trinajstić information content (AvgIpc) is 2.42. The standard InChI is InChI=1S/C13H12ClN3O2/c14-10-3-1-8(6-15)5-11(10)17-13(19)9-2-4-12(18)16-7-9/h1,3,5,9H,2,4,7H2,(H,16,18)(H,17,19). The number of amides is 2. The Hall–Kier alpha value is -2.06. The Balaban J connectivity index is 2.06. The van der Waals surface area contributed by atoms with Gasteiger partial charge >= 0.3 is 0 Å². The first-order valence-corrected chi connectivity index (χ1v) is 6.25. The van der Waals surface area contributed by atoms with Crippen molar-refractivity contribution in [3.8, 4) is 6.07 Å². The zero-order valence-corrected chi connectivity index (χ0v) is 10.8. The van der Waals surface area contributed by atoms with E-state index < -0.39 is 0 Å². The third-order valence-electron chi connectivity index (χ3n) is 2.99. The Bertz CT molecular complexity index is 555. The van der Waals surface area contributed by atoms with Crippen molar-refractivity contribution in [1.82, 2.24) is 5.32 Å². The predicted molar refractivity (Wildman–Crippen MR) is 70.5 cm³/mol. The van der Waals surface area contributed by atoms with Crippen LogP contribution in [0.15, 0.2) is 18.2 Å². The van der Waals surface area contributed by atoms with Crippen LogP contribution in [0.2, 0.25) is 5.02 Å². The average molecular weight is 278 g/mol. The molecule has 19 heavy (non-hydrogen) atoms. The van der Waals surface area contributed by atoms with E-state index in [1.165, 1.54) is 6.07 Å². The van der Waals surface area contributed by atoms with Crippen molar-refractivity contribution in [3.05, 3.63) is 28.8 Å². The largest absolute Gasteiger partial charge is 0.355 e. The summed E-state index contributed by atoms with van der Waals surface area (Å²) in [6, 6.07) is 6.67. The number of rotatable bonds is 2. The zero-order chi connectivity index (χ0) is 13.8. The highest BCUT2D eigenvalue weighted by atomic mass is 35.5. The number of nitriles is 1. The number of halogens is 1. The third kappa shape index (κ3) is 3.24. The molecule has 2 N–H and O–H groups in total. The summed E-state index contributed by atoms with van der Waals surface area (Å²) in [5.74, 6) is -0.495. The van der Waals surface area contributed by atoms with E-state index in [0.717, 1.165) is 0 Å². The number of anilines is 1. The van der Waals surface area contributed by atoms with E-state index in [0.29, 0.717) is 35.7 Å². The fourth-order valence-electron chi connectivity index (χ4n) is 1.88. The summed E-state index contributed by atoms with van der Waals surface area (Å²) in [5, 5.41) is 14.5. The van der Waals surface area contributed by atoms with Gasteiger partial charge in [0.15, 0.2) is 0 Å². The Labute approximate surface area is 115 Å². The highest BCUT2D eigenvalue weighted by Gasteiger charge is 2.24. The summed E-state index contributed by atoms with van der Waals surface area (Å²) in [5.41, 5.74) is 0.847. The van der Waals surface area contributed by atoms with Gasteiger partial charge < -0.3 is 10.6 Å². The number of nitrogens with one attached hydrogen (secondary N) is 2. The lowest BCUT2D eigenvalue weighted by atomic mass is 9.98. The molecule has 2 rings (SSSR count). The number of benzene rings is 1. The molecule has 1 aliphatic rings. The Morgan fingerprint density at radius 1 is 1.53 bits per heavy atom. The van der Waals surface area contributed by atoms with E-state index in [1.807, 2.05) is 6.07 Å². The maximum atomic E-state index is 12.0. The second-order valence-corrected chi connectivity index (χ2v) is 4.74. The van der Waals surface area contributed by atoms with Gasteiger partial charge in [0.05, 0.1) is 28.3 Å². The van der Waals surface area contributed by atoms with Crippen LogP contribution in [0.5, 0.6) is 0 Å². The van der Waals surface area contributed by atoms with Crippen LogP contribution < -0.4 is 10.6 Å². The van der Waals surface area contributed by atoms with Gasteiger partial charge in [-0.05, 0) is 24.6 Å². The van der Waals surface area contributed by atoms with Gasteiger partial charge in [0.25, 0.3) is 0 Å². The van der Waals surface area contributed by atoms with Crippen molar-refractivity contribution in [1.29, 1.82) is 5.26 Å². The minimum absolute atomic E-state index is 0.0337. The first-order chi connectivity index (χ1) is 9.10. The van der Waals surface area contributed by atoms with Gasteiger partial charge in [-0.2, -0.15) is 5.26 Å². The van der Waals surface area contributed by atoms with Crippen LogP contribution in [0.4, 0.5) is 5.69 Å². The maximum absolute atomic E-state index is 12.0. The molecule has 2 amide bonds. The topological polar surface area (TPSA) is 82.0 Å². The molecule has 1 aromatic carbocycles. The maximum Gasteiger partial charge on any atom is 0.229 e. The molecule has 1 aliphatic heterocycles. The molecule has 1 aromatic rings. The summed E-state index contributed by atoms with van der Waals surface area (Å²) in [6.07, 6.45) is 0.872. The fraction of sp³-hybridized carbons (Fsp3) is 0.308. The molecule has 0 spiro atoms. The van der Waals surface area contributed by atoms with Crippen LogP contribution in [-0.2, 0) is 9.59 Å². The monoisotopic (exact) mass is 277 g/mol. The fourth-order valence-corrected chi connectivity index (χ4v) is 2.05. The molecule has 1 heterocycles. The van der Waals surface area contributed by atoms with Crippen molar-refractivity contribution < 1.29 is 9.59 Å². The molecule has 0 aromatic heterocycles. The predicted octanol–water partition coefficient (Wildman–Crippen LogP) is 1.68. The minimum atomic E-state index is -0.264. The second-order valence-electron chi connectivity index (χ2n) is 4.34. The lowest BCUT2D eigenvalue weighted by Gasteiger charge is -2.21. The van der Waals surface area contributed by atoms with Crippen molar-refractivity contribution in [2.24, 2.45) is 5.92 Å². The molecule has 1 saturated heterocycles. The molecule has 0 radical (unpaired) electrons. The normalized spacial score (nSPS) is 18.3. The molecule has 1 unspecified atom stereocenters. The lowest BCUT2D eigenvalue weighted by Crippen LogP contribution is -2.40. The van der Waals surface area contributed by atoms with Gasteiger partial charge in [0.1, 0.15) is 0 Å². The number of carbonyl (C=O) groups excluding carboxylic acids is 2. The molecule has 0 bridgehead atoms. The van der Waals surface area contributed by atoms with Crippen molar-refractivity contribution >= 4 is 29.1 Å². The number of piperidine rings is 1. The van der Waals surface area contributed by atoms with Gasteiger partial charge in [-0.1, -0.05) is 11.6 Å². The highest BCUT2D eigenvalue weighted by Crippen LogP contribution is 2.24. The van der Waals surface area contributed by atoms with Crippen molar-refractivity contribution in [2.75, 3.05) is 11.9 Å². The number of hydrogen-bond acceptors (Lipinski definition) is 3. The van der Waals surface area contributed by atoms with E-state index >= 15 is 0 Å². The van der Waals surface area contributed by atoms with Crippen LogP contribution in [0.3, 0.4) is 0 Å². The van der Waals surface area contributed by atoms with Crippen LogP contribution >= 0.6 is 11.6 Å². The van der Waals surface area contributed by atoms with Gasteiger partial charge in [-0.25, -0.2) is 0 Å². The molecular weight excluding hydrogens is 266 g/mol. The molecule has 6 heteroatoms. The second kappa shape index (κ2) is 5.72. The number of nitrogens with zero attached hydrogens (tertiary/aromatic N) is 1. The Morgan fingerprint density at radius 2 is 2.32 bits per heavy atom. The number of carbonyl (C=O) groups is 2. The lowest BCUT2D eigenvalue weighted by molar-refractivity contribution is -0.126. The quantitative estimate of drug-likeness (QED) is 0.863. The van der Waals surface area contributed by atoms with Crippen LogP contribution in [0, 0.1) is 17.2 Å². The minimum Gasteiger partial charge on any atom is -0.355 e. The first-order valence-electron chi connectivity index (χ1n) is 5.87. The summed E-state index contributed by atoms with van der Waals surface area (Å²) < 4.78 is 0. The van der Waals surface area contributed by atoms with Crippen molar-refractivity contribution in [2.45, 2.75) is 12.8 Å². The van der Waals surface area contributed by atoms with Crippen molar-refractivity contribution in [3.63, 3.8) is 0 Å². The summed E-state index contributed by atoms with van der Waals surface area (Å²) in [7, 11) is 0. The molecule has 0 aliphatic carbocycles. The Kier molecular flexibility index (Phi) is 4.03. The molecule has 0 saturated carbocycles. The molecule has 1 fully saturated rings. The van der Waals surface area contributed by atoms with Gasteiger partial charge in [-0.15, -0.1) is 0 Å². The van der Waals surface area contributed by atoms with Crippen LogP contribution in [-0.4, -0.2) is 18.4 Å². The summed E-state index contributed by atoms with van der Waals surface area (Å²) >= 11 is 5.97. The summed E-state index contributed by atoms with van der Waals surface area (Å²) in [6.45, 7) is 0.334. The van der Waals surface area contributed by atoms with E-state index in [-0.39, 0.29) is 17.7 Å². The Morgan fingerprint density at radius 3 is 2.95 bits per heavy atom. The van der Waals surface area contributed by atoms with Crippen LogP contribution in [0.1, 0.15) is 18.4 Å². The van der Waals surface area contributed by atoms with Gasteiger partial charge in [0.2, 0.25) is 11.8 Å². The highest BCUT2D eigenvalue weighted by molar-refractivity contribution is 6.33. The first kappa shape index (κ1) is 13.4. The number of hydrogen-bond donors (Lipinski definition) is 2. The van der Waals surface area contributed by atoms with E-state index in [9.17, 15) is 9.59 Å². The third-order valence-corrected chi connectivity index (χ3v) is 3.32. The zero-order valence-electron chi connectivity index (χ0n) is 10.1. The molecule has 5 nitrogen and oxygen atoms in total. The smallest absolute Gasteiger partial charge is 0.229 e. The molecule has 1 atom stereocenters. The van der Waals surface area contributed by atoms with E-state index in [1.54, 1.807) is 12.1 Å². The summed E-state index contributed by atoms with van der Waals surface area (Å²) in [4.78, 5) is 23.0. The van der Waals surface area contributed by atoms with Gasteiger partial charge in [0, 0.05) is 13.0 Å². The SMILES string of the molecule is N#Cc1ccc(Cl)c(NC(=O)C2CCC(=O)NC2)c1. The van der Waals surface area contributed by atoms with E-state index in [2.05, 4.69) is 10.6 Å². The van der Waals surface area contributed by atoms with Gasteiger partial charge in [-0.3, -0.25) is 9.59 Å². The van der Waals surface area contributed by atoms with E-state index in [4.69, 9.17) is 16.9 Å².